The van der Waals surface area contributed by atoms with Crippen LogP contribution in [0.4, 0.5) is 0 Å². The van der Waals surface area contributed by atoms with Gasteiger partial charge >= 0.3 is 0 Å². The van der Waals surface area contributed by atoms with E-state index in [0.29, 0.717) is 30.8 Å². The molecule has 148 valence electrons. The van der Waals surface area contributed by atoms with Crippen molar-refractivity contribution in [2.75, 3.05) is 13.1 Å². The number of nitrogens with one attached hydrogen (secondary N) is 1. The van der Waals surface area contributed by atoms with Crippen molar-refractivity contribution < 1.29 is 14.4 Å². The number of nitrogens with two attached hydrogens (primary N) is 1. The molecule has 4 atom stereocenters. The van der Waals surface area contributed by atoms with E-state index in [2.05, 4.69) is 10.2 Å². The minimum atomic E-state index is -0.561. The molecule has 1 aromatic carbocycles. The van der Waals surface area contributed by atoms with Gasteiger partial charge in [-0.3, -0.25) is 24.6 Å². The first-order valence-electron chi connectivity index (χ1n) is 10.2. The maximum absolute atomic E-state index is 13.2. The molecule has 7 heteroatoms. The zero-order valence-electron chi connectivity index (χ0n) is 15.9. The number of amides is 3. The Labute approximate surface area is 164 Å². The third kappa shape index (κ3) is 2.93. The van der Waals surface area contributed by atoms with Gasteiger partial charge in [-0.15, -0.1) is 0 Å². The second kappa shape index (κ2) is 6.67. The van der Waals surface area contributed by atoms with Gasteiger partial charge in [-0.25, -0.2) is 0 Å². The first-order valence-corrected chi connectivity index (χ1v) is 10.2. The van der Waals surface area contributed by atoms with Gasteiger partial charge in [0.05, 0.1) is 0 Å². The average Bonchev–Trinajstić information content (AvgIpc) is 3.12. The van der Waals surface area contributed by atoms with E-state index in [-0.39, 0.29) is 24.1 Å². The summed E-state index contributed by atoms with van der Waals surface area (Å²) in [6.07, 6.45) is 3.01. The number of hydrogen-bond donors (Lipinski definition) is 2. The molecule has 4 aliphatic rings. The van der Waals surface area contributed by atoms with Crippen molar-refractivity contribution in [2.45, 2.75) is 50.9 Å². The first kappa shape index (κ1) is 17.8. The van der Waals surface area contributed by atoms with Gasteiger partial charge < -0.3 is 10.6 Å². The standard InChI is InChI=1S/C21H26N4O3/c22-16-7-12-6-15(16)10-24(8-12)9-13-2-1-3-14-11-25(21(28)19(13)14)17-4-5-18(26)23-20(17)27/h1-3,12,15-17H,4-11,22H2,(H,23,26,27)/t12-,15-,16-,17?/m1/s1. The summed E-state index contributed by atoms with van der Waals surface area (Å²) in [5.74, 6) is 0.522. The van der Waals surface area contributed by atoms with Crippen molar-refractivity contribution in [1.82, 2.24) is 15.1 Å². The number of carbonyl (C=O) groups is 3. The van der Waals surface area contributed by atoms with Crippen LogP contribution in [0.15, 0.2) is 18.2 Å². The van der Waals surface area contributed by atoms with Crippen molar-refractivity contribution >= 4 is 17.7 Å². The van der Waals surface area contributed by atoms with Crippen LogP contribution in [0.3, 0.4) is 0 Å². The van der Waals surface area contributed by atoms with Crippen molar-refractivity contribution in [3.63, 3.8) is 0 Å². The van der Waals surface area contributed by atoms with E-state index < -0.39 is 6.04 Å². The monoisotopic (exact) mass is 382 g/mol. The maximum atomic E-state index is 13.2. The number of carbonyl (C=O) groups excluding carboxylic acids is 3. The third-order valence-electron chi connectivity index (χ3n) is 6.89. The predicted molar refractivity (Wildman–Crippen MR) is 102 cm³/mol. The van der Waals surface area contributed by atoms with Crippen LogP contribution in [0.2, 0.25) is 0 Å². The quantitative estimate of drug-likeness (QED) is 0.747. The number of nitrogens with zero attached hydrogens (tertiary/aromatic N) is 2. The minimum absolute atomic E-state index is 0.0863. The minimum Gasteiger partial charge on any atom is -0.327 e. The lowest BCUT2D eigenvalue weighted by Gasteiger charge is -2.32. The lowest BCUT2D eigenvalue weighted by atomic mass is 9.96. The Hall–Kier alpha value is -2.25. The molecule has 0 spiro atoms. The van der Waals surface area contributed by atoms with Crippen LogP contribution in [0, 0.1) is 11.8 Å². The van der Waals surface area contributed by atoms with E-state index in [9.17, 15) is 14.4 Å². The zero-order valence-corrected chi connectivity index (χ0v) is 15.9. The molecule has 2 saturated heterocycles. The summed E-state index contributed by atoms with van der Waals surface area (Å²) in [7, 11) is 0. The molecular weight excluding hydrogens is 356 g/mol. The number of hydrogen-bond acceptors (Lipinski definition) is 5. The van der Waals surface area contributed by atoms with Crippen molar-refractivity contribution in [3.05, 3.63) is 34.9 Å². The first-order chi connectivity index (χ1) is 13.5. The average molecular weight is 382 g/mol. The highest BCUT2D eigenvalue weighted by molar-refractivity contribution is 6.05. The fourth-order valence-electron chi connectivity index (χ4n) is 5.60. The van der Waals surface area contributed by atoms with E-state index >= 15 is 0 Å². The molecule has 0 aromatic heterocycles. The molecule has 0 radical (unpaired) electrons. The highest BCUT2D eigenvalue weighted by atomic mass is 16.2. The molecule has 3 aliphatic heterocycles. The molecule has 3 fully saturated rings. The highest BCUT2D eigenvalue weighted by Crippen LogP contribution is 2.37. The predicted octanol–water partition coefficient (Wildman–Crippen LogP) is 0.617. The third-order valence-corrected chi connectivity index (χ3v) is 6.89. The van der Waals surface area contributed by atoms with Crippen molar-refractivity contribution in [3.8, 4) is 0 Å². The molecule has 1 aliphatic carbocycles. The largest absolute Gasteiger partial charge is 0.327 e. The molecule has 3 heterocycles. The van der Waals surface area contributed by atoms with Gasteiger partial charge in [0.25, 0.3) is 5.91 Å². The molecule has 3 amide bonds. The van der Waals surface area contributed by atoms with Crippen LogP contribution in [-0.4, -0.2) is 52.7 Å². The second-order valence-electron chi connectivity index (χ2n) is 8.81. The van der Waals surface area contributed by atoms with E-state index in [1.807, 2.05) is 18.2 Å². The molecule has 3 N–H and O–H groups in total. The topological polar surface area (TPSA) is 95.7 Å². The van der Waals surface area contributed by atoms with Gasteiger partial charge in [0.1, 0.15) is 6.04 Å². The Morgan fingerprint density at radius 2 is 2.00 bits per heavy atom. The van der Waals surface area contributed by atoms with Crippen LogP contribution in [0.5, 0.6) is 0 Å². The van der Waals surface area contributed by atoms with E-state index in [0.717, 1.165) is 42.7 Å². The number of imide groups is 1. The van der Waals surface area contributed by atoms with Gasteiger partial charge in [0.2, 0.25) is 11.8 Å². The number of piperidine rings is 2. The van der Waals surface area contributed by atoms with Crippen LogP contribution in [-0.2, 0) is 22.7 Å². The number of likely N-dealkylation sites (tertiary alicyclic amines) is 1. The van der Waals surface area contributed by atoms with Gasteiger partial charge in [-0.1, -0.05) is 18.2 Å². The smallest absolute Gasteiger partial charge is 0.255 e. The fraction of sp³-hybridized carbons (Fsp3) is 0.571. The van der Waals surface area contributed by atoms with Crippen LogP contribution < -0.4 is 11.1 Å². The molecular formula is C21H26N4O3. The van der Waals surface area contributed by atoms with Crippen LogP contribution >= 0.6 is 0 Å². The molecule has 2 bridgehead atoms. The lowest BCUT2D eigenvalue weighted by molar-refractivity contribution is -0.136. The zero-order chi connectivity index (χ0) is 19.4. The van der Waals surface area contributed by atoms with Crippen LogP contribution in [0.25, 0.3) is 0 Å². The second-order valence-corrected chi connectivity index (χ2v) is 8.81. The summed E-state index contributed by atoms with van der Waals surface area (Å²) < 4.78 is 0. The summed E-state index contributed by atoms with van der Waals surface area (Å²) in [5.41, 5.74) is 9.02. The highest BCUT2D eigenvalue weighted by Gasteiger charge is 2.41. The van der Waals surface area contributed by atoms with Crippen molar-refractivity contribution in [2.24, 2.45) is 17.6 Å². The fourth-order valence-corrected chi connectivity index (χ4v) is 5.60. The molecule has 1 saturated carbocycles. The molecule has 5 rings (SSSR count). The van der Waals surface area contributed by atoms with Crippen molar-refractivity contribution in [1.29, 1.82) is 0 Å². The summed E-state index contributed by atoms with van der Waals surface area (Å²) in [6, 6.07) is 5.75. The summed E-state index contributed by atoms with van der Waals surface area (Å²) in [4.78, 5) is 41.0. The summed E-state index contributed by atoms with van der Waals surface area (Å²) in [5, 5.41) is 2.36. The Balaban J connectivity index is 1.36. The Morgan fingerprint density at radius 1 is 1.14 bits per heavy atom. The normalized spacial score (nSPS) is 32.6. The lowest BCUT2D eigenvalue weighted by Crippen LogP contribution is -2.52. The maximum Gasteiger partial charge on any atom is 0.255 e. The molecule has 28 heavy (non-hydrogen) atoms. The van der Waals surface area contributed by atoms with E-state index in [1.54, 1.807) is 4.90 Å². The van der Waals surface area contributed by atoms with Gasteiger partial charge in [0.15, 0.2) is 0 Å². The molecule has 1 aromatic rings. The molecule has 7 nitrogen and oxygen atoms in total. The Bertz CT molecular complexity index is 852. The van der Waals surface area contributed by atoms with E-state index in [4.69, 9.17) is 5.73 Å². The number of rotatable bonds is 3. The number of benzene rings is 1. The number of fused-ring (bicyclic) bond motifs is 3. The van der Waals surface area contributed by atoms with Crippen LogP contribution in [0.1, 0.15) is 47.2 Å². The Kier molecular flexibility index (Phi) is 4.25. The van der Waals surface area contributed by atoms with E-state index in [1.165, 1.54) is 6.42 Å². The van der Waals surface area contributed by atoms with Gasteiger partial charge in [-0.2, -0.15) is 0 Å². The van der Waals surface area contributed by atoms with Gasteiger partial charge in [-0.05, 0) is 42.2 Å². The Morgan fingerprint density at radius 3 is 2.79 bits per heavy atom. The molecule has 1 unspecified atom stereocenters. The van der Waals surface area contributed by atoms with Gasteiger partial charge in [0, 0.05) is 44.2 Å². The SMILES string of the molecule is N[C@@H]1C[C@H]2C[C@@H]1CN(Cc1cccc3c1C(=O)N(C1CCC(=O)NC1=O)C3)C2. The summed E-state index contributed by atoms with van der Waals surface area (Å²) >= 11 is 0. The summed E-state index contributed by atoms with van der Waals surface area (Å²) in [6.45, 7) is 3.22.